The van der Waals surface area contributed by atoms with Gasteiger partial charge in [0, 0.05) is 5.56 Å². The standard InChI is InChI=1S/C18H19ClN2O3/c1-3-12-5-7-14(8-6-12)18(23)21-20-11-13-9-15(19)17(22)16(10-13)24-4-2/h5-11,22H,3-4H2,1-2H3,(H,21,23)/b20-11+. The van der Waals surface area contributed by atoms with E-state index in [2.05, 4.69) is 17.5 Å². The second-order valence-corrected chi connectivity index (χ2v) is 5.44. The number of benzene rings is 2. The molecule has 0 bridgehead atoms. The van der Waals surface area contributed by atoms with E-state index in [1.54, 1.807) is 25.1 Å². The van der Waals surface area contributed by atoms with Gasteiger partial charge >= 0.3 is 0 Å². The van der Waals surface area contributed by atoms with E-state index in [1.807, 2.05) is 12.1 Å². The first kappa shape index (κ1) is 17.8. The van der Waals surface area contributed by atoms with Crippen LogP contribution in [0.1, 0.15) is 35.3 Å². The monoisotopic (exact) mass is 346 g/mol. The van der Waals surface area contributed by atoms with Crippen molar-refractivity contribution in [2.45, 2.75) is 20.3 Å². The maximum atomic E-state index is 12.0. The number of hydrazone groups is 1. The number of nitrogens with zero attached hydrogens (tertiary/aromatic N) is 1. The second kappa shape index (κ2) is 8.36. The number of carbonyl (C=O) groups excluding carboxylic acids is 1. The zero-order valence-corrected chi connectivity index (χ0v) is 14.3. The van der Waals surface area contributed by atoms with E-state index in [4.69, 9.17) is 16.3 Å². The third-order valence-electron chi connectivity index (χ3n) is 3.35. The topological polar surface area (TPSA) is 70.9 Å². The van der Waals surface area contributed by atoms with E-state index in [9.17, 15) is 9.90 Å². The number of aryl methyl sites for hydroxylation is 1. The van der Waals surface area contributed by atoms with E-state index < -0.39 is 0 Å². The molecule has 24 heavy (non-hydrogen) atoms. The fraction of sp³-hybridized carbons (Fsp3) is 0.222. The van der Waals surface area contributed by atoms with Gasteiger partial charge in [0.2, 0.25) is 0 Å². The quantitative estimate of drug-likeness (QED) is 0.617. The third kappa shape index (κ3) is 4.49. The minimum Gasteiger partial charge on any atom is -0.503 e. The van der Waals surface area contributed by atoms with E-state index in [-0.39, 0.29) is 22.4 Å². The van der Waals surface area contributed by atoms with E-state index in [1.165, 1.54) is 12.3 Å². The molecule has 1 amide bonds. The Balaban J connectivity index is 2.06. The highest BCUT2D eigenvalue weighted by atomic mass is 35.5. The molecule has 0 aliphatic carbocycles. The Morgan fingerprint density at radius 2 is 2.00 bits per heavy atom. The highest BCUT2D eigenvalue weighted by Gasteiger charge is 2.09. The van der Waals surface area contributed by atoms with Crippen molar-refractivity contribution in [2.75, 3.05) is 6.61 Å². The molecule has 0 saturated heterocycles. The van der Waals surface area contributed by atoms with Crippen molar-refractivity contribution in [3.05, 3.63) is 58.1 Å². The molecule has 0 heterocycles. The molecular formula is C18H19ClN2O3. The van der Waals surface area contributed by atoms with Crippen molar-refractivity contribution in [2.24, 2.45) is 5.10 Å². The Morgan fingerprint density at radius 3 is 2.62 bits per heavy atom. The minimum atomic E-state index is -0.302. The van der Waals surface area contributed by atoms with Gasteiger partial charge in [0.1, 0.15) is 0 Å². The summed E-state index contributed by atoms with van der Waals surface area (Å²) in [7, 11) is 0. The lowest BCUT2D eigenvalue weighted by atomic mass is 10.1. The largest absolute Gasteiger partial charge is 0.503 e. The Labute approximate surface area is 145 Å². The summed E-state index contributed by atoms with van der Waals surface area (Å²) in [6.07, 6.45) is 2.36. The van der Waals surface area contributed by atoms with Gasteiger partial charge in [-0.25, -0.2) is 5.43 Å². The maximum absolute atomic E-state index is 12.0. The number of halogens is 1. The number of aromatic hydroxyl groups is 1. The first-order valence-corrected chi connectivity index (χ1v) is 8.00. The minimum absolute atomic E-state index is 0.115. The first-order chi connectivity index (χ1) is 11.5. The van der Waals surface area contributed by atoms with Gasteiger partial charge in [-0.15, -0.1) is 0 Å². The Kier molecular flexibility index (Phi) is 6.21. The Bertz CT molecular complexity index is 743. The molecule has 2 N–H and O–H groups in total. The van der Waals surface area contributed by atoms with E-state index in [0.29, 0.717) is 17.7 Å². The molecule has 2 rings (SSSR count). The third-order valence-corrected chi connectivity index (χ3v) is 3.64. The summed E-state index contributed by atoms with van der Waals surface area (Å²) in [5, 5.41) is 13.9. The zero-order valence-electron chi connectivity index (χ0n) is 13.5. The molecule has 0 spiro atoms. The molecule has 0 unspecified atom stereocenters. The van der Waals surface area contributed by atoms with Crippen LogP contribution in [0, 0.1) is 0 Å². The molecule has 0 radical (unpaired) electrons. The van der Waals surface area contributed by atoms with E-state index >= 15 is 0 Å². The van der Waals surface area contributed by atoms with Crippen molar-refractivity contribution in [3.8, 4) is 11.5 Å². The molecule has 0 aromatic heterocycles. The van der Waals surface area contributed by atoms with Gasteiger partial charge in [0.25, 0.3) is 5.91 Å². The van der Waals surface area contributed by atoms with Gasteiger partial charge in [-0.1, -0.05) is 30.7 Å². The van der Waals surface area contributed by atoms with Crippen LogP contribution in [0.4, 0.5) is 0 Å². The predicted molar refractivity (Wildman–Crippen MR) is 95.2 cm³/mol. The fourth-order valence-corrected chi connectivity index (χ4v) is 2.27. The lowest BCUT2D eigenvalue weighted by molar-refractivity contribution is 0.0955. The van der Waals surface area contributed by atoms with Crippen LogP contribution >= 0.6 is 11.6 Å². The number of phenols is 1. The smallest absolute Gasteiger partial charge is 0.271 e. The highest BCUT2D eigenvalue weighted by Crippen LogP contribution is 2.34. The van der Waals surface area contributed by atoms with Gasteiger partial charge in [-0.3, -0.25) is 4.79 Å². The van der Waals surface area contributed by atoms with Crippen LogP contribution in [0.5, 0.6) is 11.5 Å². The number of ether oxygens (including phenoxy) is 1. The highest BCUT2D eigenvalue weighted by molar-refractivity contribution is 6.32. The van der Waals surface area contributed by atoms with Crippen LogP contribution in [-0.2, 0) is 6.42 Å². The van der Waals surface area contributed by atoms with Crippen LogP contribution in [0.3, 0.4) is 0 Å². The molecule has 0 aliphatic heterocycles. The predicted octanol–water partition coefficient (Wildman–Crippen LogP) is 3.77. The summed E-state index contributed by atoms with van der Waals surface area (Å²) in [5.41, 5.74) is 4.75. The number of phenolic OH excluding ortho intramolecular Hbond substituents is 1. The summed E-state index contributed by atoms with van der Waals surface area (Å²) >= 11 is 5.94. The van der Waals surface area contributed by atoms with Crippen LogP contribution in [0.25, 0.3) is 0 Å². The van der Waals surface area contributed by atoms with Crippen LogP contribution in [-0.4, -0.2) is 23.8 Å². The van der Waals surface area contributed by atoms with Crippen molar-refractivity contribution in [3.63, 3.8) is 0 Å². The molecule has 5 nitrogen and oxygen atoms in total. The number of hydrogen-bond donors (Lipinski definition) is 2. The normalized spacial score (nSPS) is 10.8. The average molecular weight is 347 g/mol. The summed E-state index contributed by atoms with van der Waals surface area (Å²) in [5.74, 6) is -0.146. The van der Waals surface area contributed by atoms with E-state index in [0.717, 1.165) is 12.0 Å². The number of carbonyl (C=O) groups is 1. The van der Waals surface area contributed by atoms with Gasteiger partial charge in [-0.2, -0.15) is 5.10 Å². The Hall–Kier alpha value is -2.53. The fourth-order valence-electron chi connectivity index (χ4n) is 2.06. The van der Waals surface area contributed by atoms with Gasteiger partial charge in [0.05, 0.1) is 17.8 Å². The SMILES string of the molecule is CCOc1cc(/C=N/NC(=O)c2ccc(CC)cc2)cc(Cl)c1O. The lowest BCUT2D eigenvalue weighted by Crippen LogP contribution is -2.17. The molecule has 0 fully saturated rings. The van der Waals surface area contributed by atoms with Gasteiger partial charge < -0.3 is 9.84 Å². The molecule has 126 valence electrons. The number of nitrogens with one attached hydrogen (secondary N) is 1. The van der Waals surface area contributed by atoms with Crippen molar-refractivity contribution < 1.29 is 14.6 Å². The maximum Gasteiger partial charge on any atom is 0.271 e. The first-order valence-electron chi connectivity index (χ1n) is 7.62. The van der Waals surface area contributed by atoms with Gasteiger partial charge in [-0.05, 0) is 48.7 Å². The van der Waals surface area contributed by atoms with Crippen molar-refractivity contribution >= 4 is 23.7 Å². The summed E-state index contributed by atoms with van der Waals surface area (Å²) in [6.45, 7) is 4.26. The average Bonchev–Trinajstić information content (AvgIpc) is 2.59. The molecule has 0 aliphatic rings. The number of hydrogen-bond acceptors (Lipinski definition) is 4. The van der Waals surface area contributed by atoms with Crippen molar-refractivity contribution in [1.29, 1.82) is 0 Å². The number of amides is 1. The van der Waals surface area contributed by atoms with Crippen molar-refractivity contribution in [1.82, 2.24) is 5.43 Å². The molecule has 2 aromatic rings. The Morgan fingerprint density at radius 1 is 1.29 bits per heavy atom. The number of rotatable bonds is 6. The second-order valence-electron chi connectivity index (χ2n) is 5.03. The molecular weight excluding hydrogens is 328 g/mol. The van der Waals surface area contributed by atoms with Crippen LogP contribution < -0.4 is 10.2 Å². The molecule has 6 heteroatoms. The van der Waals surface area contributed by atoms with Crippen LogP contribution in [0.2, 0.25) is 5.02 Å². The molecule has 2 aromatic carbocycles. The summed E-state index contributed by atoms with van der Waals surface area (Å²) in [4.78, 5) is 12.0. The summed E-state index contributed by atoms with van der Waals surface area (Å²) in [6, 6.07) is 10.5. The zero-order chi connectivity index (χ0) is 17.5. The summed E-state index contributed by atoms with van der Waals surface area (Å²) < 4.78 is 5.29. The molecule has 0 saturated carbocycles. The van der Waals surface area contributed by atoms with Gasteiger partial charge in [0.15, 0.2) is 11.5 Å². The van der Waals surface area contributed by atoms with Crippen LogP contribution in [0.15, 0.2) is 41.5 Å². The lowest BCUT2D eigenvalue weighted by Gasteiger charge is -2.08. The molecule has 0 atom stereocenters.